The second kappa shape index (κ2) is 4.25. The summed E-state index contributed by atoms with van der Waals surface area (Å²) in [6.07, 6.45) is 5.68. The second-order valence-corrected chi connectivity index (χ2v) is 4.29. The fraction of sp³-hybridized carbons (Fsp3) is 0.417. The summed E-state index contributed by atoms with van der Waals surface area (Å²) in [5, 5.41) is 0. The first kappa shape index (κ1) is 10.4. The largest absolute Gasteiger partial charge is 0.352 e. The van der Waals surface area contributed by atoms with Crippen molar-refractivity contribution in [1.29, 1.82) is 0 Å². The lowest BCUT2D eigenvalue weighted by molar-refractivity contribution is 0.672. The van der Waals surface area contributed by atoms with Gasteiger partial charge in [-0.3, -0.25) is 4.98 Å². The third-order valence-corrected chi connectivity index (χ3v) is 3.26. The monoisotopic (exact) mass is 229 g/mol. The summed E-state index contributed by atoms with van der Waals surface area (Å²) < 4.78 is 0. The van der Waals surface area contributed by atoms with Crippen LogP contribution in [0.1, 0.15) is 12.8 Å². The Morgan fingerprint density at radius 3 is 3.06 bits per heavy atom. The Bertz CT molecular complexity index is 527. The highest BCUT2D eigenvalue weighted by molar-refractivity contribution is 5.71. The average Bonchev–Trinajstić information content (AvgIpc) is 2.86. The lowest BCUT2D eigenvalue weighted by atomic mass is 10.2. The molecule has 1 saturated heterocycles. The van der Waals surface area contributed by atoms with Gasteiger partial charge < -0.3 is 10.6 Å². The van der Waals surface area contributed by atoms with E-state index in [9.17, 15) is 0 Å². The number of nitrogens with zero attached hydrogens (tertiary/aromatic N) is 4. The zero-order valence-electron chi connectivity index (χ0n) is 9.58. The van der Waals surface area contributed by atoms with Gasteiger partial charge in [-0.15, -0.1) is 0 Å². The van der Waals surface area contributed by atoms with Crippen LogP contribution in [0.5, 0.6) is 0 Å². The molecular formula is C12H15N5. The van der Waals surface area contributed by atoms with Crippen LogP contribution in [-0.4, -0.2) is 34.1 Å². The Hall–Kier alpha value is -1.75. The maximum absolute atomic E-state index is 5.78. The lowest BCUT2D eigenvalue weighted by Gasteiger charge is -2.24. The fourth-order valence-corrected chi connectivity index (χ4v) is 2.39. The summed E-state index contributed by atoms with van der Waals surface area (Å²) in [6, 6.07) is 4.39. The molecular weight excluding hydrogens is 214 g/mol. The summed E-state index contributed by atoms with van der Waals surface area (Å²) in [4.78, 5) is 15.3. The molecule has 1 aliphatic rings. The SMILES string of the molecule is NCC1CCCN1c1ccc2nccnc2n1. The lowest BCUT2D eigenvalue weighted by Crippen LogP contribution is -2.35. The molecule has 0 aromatic carbocycles. The van der Waals surface area contributed by atoms with Crippen molar-refractivity contribution in [2.75, 3.05) is 18.0 Å². The summed E-state index contributed by atoms with van der Waals surface area (Å²) in [5.41, 5.74) is 7.31. The molecule has 1 fully saturated rings. The summed E-state index contributed by atoms with van der Waals surface area (Å²) in [5.74, 6) is 0.964. The molecule has 3 heterocycles. The molecule has 2 aromatic rings. The predicted octanol–water partition coefficient (Wildman–Crippen LogP) is 0.952. The molecule has 1 aliphatic heterocycles. The number of rotatable bonds is 2. The predicted molar refractivity (Wildman–Crippen MR) is 66.8 cm³/mol. The molecule has 3 rings (SSSR count). The van der Waals surface area contributed by atoms with Crippen molar-refractivity contribution >= 4 is 17.0 Å². The van der Waals surface area contributed by atoms with Crippen molar-refractivity contribution in [2.24, 2.45) is 5.73 Å². The van der Waals surface area contributed by atoms with Crippen LogP contribution in [0.2, 0.25) is 0 Å². The van der Waals surface area contributed by atoms with Gasteiger partial charge in [0.15, 0.2) is 5.65 Å². The van der Waals surface area contributed by atoms with E-state index in [-0.39, 0.29) is 0 Å². The quantitative estimate of drug-likeness (QED) is 0.830. The maximum atomic E-state index is 5.78. The van der Waals surface area contributed by atoms with E-state index in [1.165, 1.54) is 6.42 Å². The number of fused-ring (bicyclic) bond motifs is 1. The van der Waals surface area contributed by atoms with E-state index in [0.29, 0.717) is 18.2 Å². The van der Waals surface area contributed by atoms with Crippen LogP contribution in [0.25, 0.3) is 11.2 Å². The van der Waals surface area contributed by atoms with Crippen LogP contribution in [0, 0.1) is 0 Å². The zero-order chi connectivity index (χ0) is 11.7. The molecule has 0 saturated carbocycles. The minimum atomic E-state index is 0.414. The topological polar surface area (TPSA) is 67.9 Å². The van der Waals surface area contributed by atoms with Crippen molar-refractivity contribution in [1.82, 2.24) is 15.0 Å². The highest BCUT2D eigenvalue weighted by Crippen LogP contribution is 2.24. The van der Waals surface area contributed by atoms with Gasteiger partial charge in [0.05, 0.1) is 0 Å². The molecule has 88 valence electrons. The minimum absolute atomic E-state index is 0.414. The highest BCUT2D eigenvalue weighted by atomic mass is 15.2. The van der Waals surface area contributed by atoms with Crippen molar-refractivity contribution in [2.45, 2.75) is 18.9 Å². The van der Waals surface area contributed by atoms with Crippen molar-refractivity contribution < 1.29 is 0 Å². The number of hydrogen-bond acceptors (Lipinski definition) is 5. The van der Waals surface area contributed by atoms with E-state index in [2.05, 4.69) is 19.9 Å². The van der Waals surface area contributed by atoms with Crippen LogP contribution in [-0.2, 0) is 0 Å². The molecule has 2 N–H and O–H groups in total. The minimum Gasteiger partial charge on any atom is -0.352 e. The van der Waals surface area contributed by atoms with Gasteiger partial charge in [-0.1, -0.05) is 0 Å². The van der Waals surface area contributed by atoms with Gasteiger partial charge in [-0.05, 0) is 25.0 Å². The van der Waals surface area contributed by atoms with Crippen LogP contribution in [0.15, 0.2) is 24.5 Å². The van der Waals surface area contributed by atoms with Gasteiger partial charge in [0.25, 0.3) is 0 Å². The standard InChI is InChI=1S/C12H15N5/c13-8-9-2-1-7-17(9)11-4-3-10-12(16-11)15-6-5-14-10/h3-6,9H,1-2,7-8,13H2. The van der Waals surface area contributed by atoms with Gasteiger partial charge >= 0.3 is 0 Å². The van der Waals surface area contributed by atoms with E-state index in [0.717, 1.165) is 24.3 Å². The van der Waals surface area contributed by atoms with Crippen LogP contribution < -0.4 is 10.6 Å². The number of anilines is 1. The van der Waals surface area contributed by atoms with Crippen LogP contribution in [0.3, 0.4) is 0 Å². The zero-order valence-corrected chi connectivity index (χ0v) is 9.58. The molecule has 5 heteroatoms. The van der Waals surface area contributed by atoms with E-state index >= 15 is 0 Å². The van der Waals surface area contributed by atoms with Crippen LogP contribution in [0.4, 0.5) is 5.82 Å². The van der Waals surface area contributed by atoms with E-state index < -0.39 is 0 Å². The van der Waals surface area contributed by atoms with Crippen molar-refractivity contribution in [3.8, 4) is 0 Å². The Morgan fingerprint density at radius 1 is 1.29 bits per heavy atom. The normalized spacial score (nSPS) is 20.1. The molecule has 1 unspecified atom stereocenters. The van der Waals surface area contributed by atoms with Crippen molar-refractivity contribution in [3.05, 3.63) is 24.5 Å². The smallest absolute Gasteiger partial charge is 0.180 e. The van der Waals surface area contributed by atoms with Crippen molar-refractivity contribution in [3.63, 3.8) is 0 Å². The van der Waals surface area contributed by atoms with E-state index in [1.807, 2.05) is 12.1 Å². The molecule has 0 radical (unpaired) electrons. The summed E-state index contributed by atoms with van der Waals surface area (Å²) in [6.45, 7) is 1.71. The van der Waals surface area contributed by atoms with Gasteiger partial charge in [0.2, 0.25) is 0 Å². The molecule has 17 heavy (non-hydrogen) atoms. The van der Waals surface area contributed by atoms with E-state index in [1.54, 1.807) is 12.4 Å². The third kappa shape index (κ3) is 1.82. The Morgan fingerprint density at radius 2 is 2.18 bits per heavy atom. The first-order valence-electron chi connectivity index (χ1n) is 5.93. The maximum Gasteiger partial charge on any atom is 0.180 e. The van der Waals surface area contributed by atoms with Gasteiger partial charge in [0.1, 0.15) is 11.3 Å². The molecule has 2 aromatic heterocycles. The number of hydrogen-bond donors (Lipinski definition) is 1. The van der Waals surface area contributed by atoms with Gasteiger partial charge in [-0.2, -0.15) is 0 Å². The highest BCUT2D eigenvalue weighted by Gasteiger charge is 2.24. The number of nitrogens with two attached hydrogens (primary N) is 1. The molecule has 5 nitrogen and oxygen atoms in total. The number of aromatic nitrogens is 3. The fourth-order valence-electron chi connectivity index (χ4n) is 2.39. The molecule has 1 atom stereocenters. The van der Waals surface area contributed by atoms with Gasteiger partial charge in [-0.25, -0.2) is 9.97 Å². The molecule has 0 aliphatic carbocycles. The molecule has 0 amide bonds. The second-order valence-electron chi connectivity index (χ2n) is 4.29. The Balaban J connectivity index is 2.00. The Labute approximate surface area is 99.7 Å². The van der Waals surface area contributed by atoms with Gasteiger partial charge in [0, 0.05) is 31.5 Å². The summed E-state index contributed by atoms with van der Waals surface area (Å²) >= 11 is 0. The van der Waals surface area contributed by atoms with Crippen LogP contribution >= 0.6 is 0 Å². The Kier molecular flexibility index (Phi) is 2.60. The van der Waals surface area contributed by atoms with E-state index in [4.69, 9.17) is 5.73 Å². The molecule has 0 spiro atoms. The average molecular weight is 229 g/mol. The first-order valence-corrected chi connectivity index (χ1v) is 5.93. The first-order chi connectivity index (χ1) is 8.38. The third-order valence-electron chi connectivity index (χ3n) is 3.26. The molecule has 0 bridgehead atoms. The summed E-state index contributed by atoms with van der Waals surface area (Å²) in [7, 11) is 0. The number of pyridine rings is 1.